The van der Waals surface area contributed by atoms with E-state index in [9.17, 15) is 19.7 Å². The molecule has 1 amide bonds. The minimum absolute atomic E-state index is 0.0101. The lowest BCUT2D eigenvalue weighted by Crippen LogP contribution is -2.37. The Kier molecular flexibility index (Phi) is 6.50. The number of rotatable bonds is 6. The van der Waals surface area contributed by atoms with Crippen molar-refractivity contribution in [1.82, 2.24) is 5.32 Å². The minimum Gasteiger partial charge on any atom is -0.462 e. The molecule has 1 aliphatic rings. The predicted octanol–water partition coefficient (Wildman–Crippen LogP) is 3.47. The largest absolute Gasteiger partial charge is 0.462 e. The molecule has 0 unspecified atom stereocenters. The van der Waals surface area contributed by atoms with E-state index in [1.54, 1.807) is 6.92 Å². The molecule has 0 aromatic heterocycles. The van der Waals surface area contributed by atoms with E-state index >= 15 is 0 Å². The Hall–Kier alpha value is -2.44. The lowest BCUT2D eigenvalue weighted by molar-refractivity contribution is -0.384. The topological polar surface area (TPSA) is 98.5 Å². The predicted molar refractivity (Wildman–Crippen MR) is 92.6 cm³/mol. The molecule has 0 saturated heterocycles. The molecule has 1 N–H and O–H groups in total. The quantitative estimate of drug-likeness (QED) is 0.482. The van der Waals surface area contributed by atoms with Crippen molar-refractivity contribution in [2.75, 3.05) is 6.61 Å². The molecule has 0 aliphatic heterocycles. The van der Waals surface area contributed by atoms with Crippen LogP contribution in [-0.2, 0) is 4.74 Å². The average molecular weight is 348 g/mol. The number of nitro benzene ring substituents is 1. The van der Waals surface area contributed by atoms with Gasteiger partial charge in [-0.2, -0.15) is 0 Å². The molecular formula is C18H24N2O5. The van der Waals surface area contributed by atoms with Crippen LogP contribution < -0.4 is 5.32 Å². The zero-order valence-corrected chi connectivity index (χ0v) is 14.6. The second-order valence-electron chi connectivity index (χ2n) is 6.35. The highest BCUT2D eigenvalue weighted by atomic mass is 16.6. The van der Waals surface area contributed by atoms with Crippen molar-refractivity contribution in [2.24, 2.45) is 5.92 Å². The van der Waals surface area contributed by atoms with Crippen molar-refractivity contribution in [3.8, 4) is 0 Å². The molecule has 0 radical (unpaired) electrons. The summed E-state index contributed by atoms with van der Waals surface area (Å²) in [5, 5.41) is 14.0. The van der Waals surface area contributed by atoms with Crippen molar-refractivity contribution in [3.05, 3.63) is 39.4 Å². The highest BCUT2D eigenvalue weighted by molar-refractivity contribution is 5.99. The molecule has 1 aliphatic carbocycles. The fourth-order valence-electron chi connectivity index (χ4n) is 3.16. The summed E-state index contributed by atoms with van der Waals surface area (Å²) in [5.41, 5.74) is -0.184. The number of carbonyl (C=O) groups is 2. The lowest BCUT2D eigenvalue weighted by Gasteiger charge is -2.28. The van der Waals surface area contributed by atoms with E-state index in [2.05, 4.69) is 12.2 Å². The van der Waals surface area contributed by atoms with Crippen LogP contribution in [0.5, 0.6) is 0 Å². The van der Waals surface area contributed by atoms with Crippen LogP contribution in [0.2, 0.25) is 0 Å². The van der Waals surface area contributed by atoms with Crippen LogP contribution in [0.25, 0.3) is 0 Å². The zero-order valence-electron chi connectivity index (χ0n) is 14.6. The Bertz CT molecular complexity index is 651. The summed E-state index contributed by atoms with van der Waals surface area (Å²) in [6, 6.07) is 3.73. The van der Waals surface area contributed by atoms with Crippen LogP contribution >= 0.6 is 0 Å². The Morgan fingerprint density at radius 2 is 1.80 bits per heavy atom. The van der Waals surface area contributed by atoms with Gasteiger partial charge < -0.3 is 10.1 Å². The molecule has 2 rings (SSSR count). The number of non-ortho nitro benzene ring substituents is 1. The molecule has 1 saturated carbocycles. The maximum atomic E-state index is 12.5. The van der Waals surface area contributed by atoms with Crippen LogP contribution in [0.1, 0.15) is 66.7 Å². The van der Waals surface area contributed by atoms with Gasteiger partial charge in [0.15, 0.2) is 0 Å². The summed E-state index contributed by atoms with van der Waals surface area (Å²) in [4.78, 5) is 34.8. The smallest absolute Gasteiger partial charge is 0.338 e. The highest BCUT2D eigenvalue weighted by Gasteiger charge is 2.23. The molecule has 25 heavy (non-hydrogen) atoms. The molecule has 1 aromatic rings. The van der Waals surface area contributed by atoms with Gasteiger partial charge in [0.2, 0.25) is 0 Å². The average Bonchev–Trinajstić information content (AvgIpc) is 2.62. The number of ether oxygens (including phenoxy) is 1. The molecule has 1 fully saturated rings. The number of hydrogen-bond acceptors (Lipinski definition) is 5. The van der Waals surface area contributed by atoms with Crippen LogP contribution in [0.3, 0.4) is 0 Å². The third kappa shape index (κ3) is 5.01. The number of nitrogens with one attached hydrogen (secondary N) is 1. The van der Waals surface area contributed by atoms with E-state index in [-0.39, 0.29) is 29.5 Å². The SMILES string of the molecule is CCOC(=O)c1cc(C(=O)NC2CCC(CC)CC2)cc([N+](=O)[O-])c1. The summed E-state index contributed by atoms with van der Waals surface area (Å²) in [5.74, 6) is -0.362. The molecule has 136 valence electrons. The van der Waals surface area contributed by atoms with Gasteiger partial charge in [-0.05, 0) is 44.6 Å². The number of nitrogens with zero attached hydrogens (tertiary/aromatic N) is 1. The molecule has 0 bridgehead atoms. The van der Waals surface area contributed by atoms with Gasteiger partial charge in [0.25, 0.3) is 11.6 Å². The molecule has 7 heteroatoms. The number of hydrogen-bond donors (Lipinski definition) is 1. The Balaban J connectivity index is 2.15. The molecule has 0 heterocycles. The third-order valence-corrected chi connectivity index (χ3v) is 4.66. The van der Waals surface area contributed by atoms with Gasteiger partial charge in [-0.25, -0.2) is 4.79 Å². The zero-order chi connectivity index (χ0) is 18.4. The normalized spacial score (nSPS) is 19.9. The van der Waals surface area contributed by atoms with E-state index in [4.69, 9.17) is 4.74 Å². The number of amides is 1. The first kappa shape index (κ1) is 18.9. The van der Waals surface area contributed by atoms with Gasteiger partial charge in [0, 0.05) is 23.7 Å². The fraction of sp³-hybridized carbons (Fsp3) is 0.556. The van der Waals surface area contributed by atoms with Crippen molar-refractivity contribution in [1.29, 1.82) is 0 Å². The van der Waals surface area contributed by atoms with Crippen molar-refractivity contribution < 1.29 is 19.2 Å². The van der Waals surface area contributed by atoms with Crippen molar-refractivity contribution >= 4 is 17.6 Å². The van der Waals surface area contributed by atoms with Gasteiger partial charge in [-0.1, -0.05) is 13.3 Å². The van der Waals surface area contributed by atoms with Crippen molar-refractivity contribution in [3.63, 3.8) is 0 Å². The van der Waals surface area contributed by atoms with Gasteiger partial charge in [0.05, 0.1) is 17.1 Å². The number of esters is 1. The first-order valence-corrected chi connectivity index (χ1v) is 8.72. The standard InChI is InChI=1S/C18H24N2O5/c1-3-12-5-7-15(8-6-12)19-17(21)13-9-14(18(22)25-4-2)11-16(10-13)20(23)24/h9-12,15H,3-8H2,1-2H3,(H,19,21). The van der Waals surface area contributed by atoms with E-state index in [1.165, 1.54) is 12.1 Å². The van der Waals surface area contributed by atoms with Gasteiger partial charge in [-0.15, -0.1) is 0 Å². The Labute approximate surface area is 146 Å². The number of benzene rings is 1. The molecule has 1 aromatic carbocycles. The van der Waals surface area contributed by atoms with Crippen LogP contribution in [0.15, 0.2) is 18.2 Å². The van der Waals surface area contributed by atoms with E-state index in [0.29, 0.717) is 5.92 Å². The van der Waals surface area contributed by atoms with E-state index in [0.717, 1.165) is 38.2 Å². The molecule has 7 nitrogen and oxygen atoms in total. The second kappa shape index (κ2) is 8.60. The lowest BCUT2D eigenvalue weighted by atomic mass is 9.84. The third-order valence-electron chi connectivity index (χ3n) is 4.66. The highest BCUT2D eigenvalue weighted by Crippen LogP contribution is 2.27. The van der Waals surface area contributed by atoms with Crippen molar-refractivity contribution in [2.45, 2.75) is 52.0 Å². The Morgan fingerprint density at radius 1 is 1.16 bits per heavy atom. The Morgan fingerprint density at radius 3 is 2.36 bits per heavy atom. The van der Waals surface area contributed by atoms with Crippen LogP contribution in [-0.4, -0.2) is 29.4 Å². The first-order valence-electron chi connectivity index (χ1n) is 8.72. The number of nitro groups is 1. The minimum atomic E-state index is -0.677. The first-order chi connectivity index (χ1) is 11.9. The second-order valence-corrected chi connectivity index (χ2v) is 6.35. The molecular weight excluding hydrogens is 324 g/mol. The van der Waals surface area contributed by atoms with Gasteiger partial charge in [-0.3, -0.25) is 14.9 Å². The maximum absolute atomic E-state index is 12.5. The van der Waals surface area contributed by atoms with Crippen LogP contribution in [0.4, 0.5) is 5.69 Å². The van der Waals surface area contributed by atoms with Gasteiger partial charge >= 0.3 is 5.97 Å². The summed E-state index contributed by atoms with van der Waals surface area (Å²) in [7, 11) is 0. The summed E-state index contributed by atoms with van der Waals surface area (Å²) in [6.45, 7) is 3.98. The van der Waals surface area contributed by atoms with E-state index in [1.807, 2.05) is 0 Å². The molecule has 0 atom stereocenters. The number of carbonyl (C=O) groups excluding carboxylic acids is 2. The van der Waals surface area contributed by atoms with Crippen LogP contribution in [0, 0.1) is 16.0 Å². The van der Waals surface area contributed by atoms with E-state index < -0.39 is 16.8 Å². The monoisotopic (exact) mass is 348 g/mol. The maximum Gasteiger partial charge on any atom is 0.338 e. The summed E-state index contributed by atoms with van der Waals surface area (Å²) < 4.78 is 4.88. The summed E-state index contributed by atoms with van der Waals surface area (Å²) >= 11 is 0. The van der Waals surface area contributed by atoms with Gasteiger partial charge in [0.1, 0.15) is 0 Å². The fourth-order valence-corrected chi connectivity index (χ4v) is 3.16. The molecule has 0 spiro atoms. The summed E-state index contributed by atoms with van der Waals surface area (Å²) in [6.07, 6.45) is 5.11.